The first-order valence-electron chi connectivity index (χ1n) is 9.09. The van der Waals surface area contributed by atoms with Crippen molar-refractivity contribution in [3.63, 3.8) is 0 Å². The average Bonchev–Trinajstić information content (AvgIpc) is 3.31. The van der Waals surface area contributed by atoms with E-state index in [1.807, 2.05) is 29.9 Å². The fourth-order valence-electron chi connectivity index (χ4n) is 3.77. The molecular weight excluding hydrogens is 326 g/mol. The lowest BCUT2D eigenvalue weighted by atomic mass is 10.0. The fraction of sp³-hybridized carbons (Fsp3) is 0.400. The Hall–Kier alpha value is -2.44. The molecule has 0 radical (unpaired) electrons. The Morgan fingerprint density at radius 3 is 2.85 bits per heavy atom. The van der Waals surface area contributed by atoms with E-state index in [0.29, 0.717) is 6.54 Å². The molecule has 26 heavy (non-hydrogen) atoms. The van der Waals surface area contributed by atoms with E-state index in [9.17, 15) is 5.11 Å². The standard InChI is InChI=1S/C20H25N5O/c1-14-5-3-4-6-19(14)25-11-16(9-21-25)10-24-12-17(20(26)13-24)8-18-7-15(2)22-23-18/h3-7,9,11,17,20,26H,8,10,12-13H2,1-2H3,(H,22,23)/t17-,20+/m1/s1. The van der Waals surface area contributed by atoms with Crippen LogP contribution in [0.5, 0.6) is 0 Å². The number of aryl methyl sites for hydroxylation is 2. The quantitative estimate of drug-likeness (QED) is 0.740. The number of nitrogens with zero attached hydrogens (tertiary/aromatic N) is 4. The Morgan fingerprint density at radius 2 is 2.08 bits per heavy atom. The molecule has 2 atom stereocenters. The van der Waals surface area contributed by atoms with Crippen LogP contribution in [0.25, 0.3) is 5.69 Å². The molecule has 1 aliphatic rings. The number of para-hydroxylation sites is 1. The Bertz CT molecular complexity index is 884. The predicted octanol–water partition coefficient (Wildman–Crippen LogP) is 2.25. The predicted molar refractivity (Wildman–Crippen MR) is 100 cm³/mol. The number of likely N-dealkylation sites (tertiary alicyclic amines) is 1. The van der Waals surface area contributed by atoms with Crippen LogP contribution < -0.4 is 0 Å². The maximum atomic E-state index is 10.4. The summed E-state index contributed by atoms with van der Waals surface area (Å²) in [4.78, 5) is 2.30. The minimum absolute atomic E-state index is 0.226. The number of aliphatic hydroxyl groups excluding tert-OH is 1. The first-order valence-corrected chi connectivity index (χ1v) is 9.09. The van der Waals surface area contributed by atoms with Gasteiger partial charge in [0.15, 0.2) is 0 Å². The summed E-state index contributed by atoms with van der Waals surface area (Å²) in [5.41, 5.74) is 5.56. The van der Waals surface area contributed by atoms with E-state index in [1.165, 1.54) is 5.56 Å². The molecule has 4 rings (SSSR count). The summed E-state index contributed by atoms with van der Waals surface area (Å²) >= 11 is 0. The lowest BCUT2D eigenvalue weighted by molar-refractivity contribution is 0.140. The van der Waals surface area contributed by atoms with Gasteiger partial charge in [-0.25, -0.2) is 4.68 Å². The van der Waals surface area contributed by atoms with Gasteiger partial charge in [-0.1, -0.05) is 18.2 Å². The van der Waals surface area contributed by atoms with Gasteiger partial charge in [0.1, 0.15) is 0 Å². The first-order chi connectivity index (χ1) is 12.6. The Kier molecular flexibility index (Phi) is 4.61. The maximum Gasteiger partial charge on any atom is 0.0711 e. The number of rotatable bonds is 5. The second-order valence-corrected chi connectivity index (χ2v) is 7.35. The van der Waals surface area contributed by atoms with Gasteiger partial charge in [0, 0.05) is 43.0 Å². The van der Waals surface area contributed by atoms with E-state index in [4.69, 9.17) is 0 Å². The van der Waals surface area contributed by atoms with Crippen molar-refractivity contribution in [1.82, 2.24) is 24.9 Å². The SMILES string of the molecule is Cc1cc(C[C@@H]2CN(Cc3cnn(-c4ccccc4C)c3)C[C@@H]2O)n[nH]1. The normalized spacial score (nSPS) is 20.7. The molecule has 6 heteroatoms. The second kappa shape index (κ2) is 7.05. The third-order valence-corrected chi connectivity index (χ3v) is 5.12. The molecule has 0 saturated carbocycles. The smallest absolute Gasteiger partial charge is 0.0711 e. The van der Waals surface area contributed by atoms with Crippen LogP contribution >= 0.6 is 0 Å². The Balaban J connectivity index is 1.40. The highest BCUT2D eigenvalue weighted by Gasteiger charge is 2.31. The minimum Gasteiger partial charge on any atom is -0.391 e. The molecule has 0 spiro atoms. The van der Waals surface area contributed by atoms with Crippen LogP contribution in [0.4, 0.5) is 0 Å². The van der Waals surface area contributed by atoms with Crippen LogP contribution in [-0.4, -0.2) is 49.2 Å². The zero-order valence-corrected chi connectivity index (χ0v) is 15.3. The van der Waals surface area contributed by atoms with Gasteiger partial charge in [0.05, 0.1) is 23.7 Å². The largest absolute Gasteiger partial charge is 0.391 e. The lowest BCUT2D eigenvalue weighted by Crippen LogP contribution is -2.21. The number of hydrogen-bond donors (Lipinski definition) is 2. The van der Waals surface area contributed by atoms with Gasteiger partial charge >= 0.3 is 0 Å². The van der Waals surface area contributed by atoms with Crippen molar-refractivity contribution in [2.75, 3.05) is 13.1 Å². The van der Waals surface area contributed by atoms with Crippen LogP contribution in [0.15, 0.2) is 42.7 Å². The lowest BCUT2D eigenvalue weighted by Gasteiger charge is -2.14. The van der Waals surface area contributed by atoms with Crippen molar-refractivity contribution in [1.29, 1.82) is 0 Å². The van der Waals surface area contributed by atoms with E-state index in [0.717, 1.165) is 42.1 Å². The zero-order valence-electron chi connectivity index (χ0n) is 15.3. The number of aromatic nitrogens is 4. The molecule has 1 aliphatic heterocycles. The molecule has 0 aliphatic carbocycles. The third-order valence-electron chi connectivity index (χ3n) is 5.12. The molecule has 1 fully saturated rings. The number of aliphatic hydroxyl groups is 1. The Labute approximate surface area is 153 Å². The molecule has 3 aromatic rings. The summed E-state index contributed by atoms with van der Waals surface area (Å²) in [5, 5.41) is 22.2. The molecule has 0 amide bonds. The third kappa shape index (κ3) is 3.57. The highest BCUT2D eigenvalue weighted by molar-refractivity contribution is 5.39. The van der Waals surface area contributed by atoms with Gasteiger partial charge in [0.25, 0.3) is 0 Å². The van der Waals surface area contributed by atoms with Crippen molar-refractivity contribution in [2.45, 2.75) is 32.9 Å². The molecule has 1 aromatic carbocycles. The van der Waals surface area contributed by atoms with Crippen molar-refractivity contribution < 1.29 is 5.11 Å². The van der Waals surface area contributed by atoms with Gasteiger partial charge < -0.3 is 5.11 Å². The number of hydrogen-bond acceptors (Lipinski definition) is 4. The van der Waals surface area contributed by atoms with E-state index >= 15 is 0 Å². The van der Waals surface area contributed by atoms with Gasteiger partial charge in [-0.2, -0.15) is 10.2 Å². The van der Waals surface area contributed by atoms with E-state index in [2.05, 4.69) is 51.5 Å². The molecular formula is C20H25N5O. The number of aromatic amines is 1. The summed E-state index contributed by atoms with van der Waals surface area (Å²) in [6.07, 6.45) is 4.51. The topological polar surface area (TPSA) is 70.0 Å². The van der Waals surface area contributed by atoms with Crippen molar-refractivity contribution in [3.8, 4) is 5.69 Å². The molecule has 6 nitrogen and oxygen atoms in total. The summed E-state index contributed by atoms with van der Waals surface area (Å²) in [7, 11) is 0. The van der Waals surface area contributed by atoms with Crippen LogP contribution in [0.2, 0.25) is 0 Å². The van der Waals surface area contributed by atoms with Gasteiger partial charge in [-0.15, -0.1) is 0 Å². The average molecular weight is 351 g/mol. The van der Waals surface area contributed by atoms with Gasteiger partial charge in [-0.05, 0) is 38.0 Å². The highest BCUT2D eigenvalue weighted by atomic mass is 16.3. The van der Waals surface area contributed by atoms with Crippen LogP contribution in [0, 0.1) is 19.8 Å². The van der Waals surface area contributed by atoms with Crippen molar-refractivity contribution in [2.24, 2.45) is 5.92 Å². The molecule has 1 saturated heterocycles. The molecule has 2 N–H and O–H groups in total. The zero-order chi connectivity index (χ0) is 18.1. The summed E-state index contributed by atoms with van der Waals surface area (Å²) < 4.78 is 1.93. The minimum atomic E-state index is -0.307. The van der Waals surface area contributed by atoms with Crippen molar-refractivity contribution >= 4 is 0 Å². The molecule has 136 valence electrons. The highest BCUT2D eigenvalue weighted by Crippen LogP contribution is 2.23. The summed E-state index contributed by atoms with van der Waals surface area (Å²) in [5.74, 6) is 0.226. The number of nitrogens with one attached hydrogen (secondary N) is 1. The number of H-pyrrole nitrogens is 1. The van der Waals surface area contributed by atoms with E-state index < -0.39 is 0 Å². The fourth-order valence-corrected chi connectivity index (χ4v) is 3.77. The second-order valence-electron chi connectivity index (χ2n) is 7.35. The summed E-state index contributed by atoms with van der Waals surface area (Å²) in [6.45, 7) is 6.47. The molecule has 0 unspecified atom stereocenters. The molecule has 2 aromatic heterocycles. The van der Waals surface area contributed by atoms with E-state index in [1.54, 1.807) is 0 Å². The van der Waals surface area contributed by atoms with E-state index in [-0.39, 0.29) is 12.0 Å². The molecule has 3 heterocycles. The van der Waals surface area contributed by atoms with Crippen LogP contribution in [0.1, 0.15) is 22.5 Å². The summed E-state index contributed by atoms with van der Waals surface area (Å²) in [6, 6.07) is 10.3. The van der Waals surface area contributed by atoms with Crippen LogP contribution in [-0.2, 0) is 13.0 Å². The van der Waals surface area contributed by atoms with Gasteiger partial charge in [-0.3, -0.25) is 10.00 Å². The monoisotopic (exact) mass is 351 g/mol. The van der Waals surface area contributed by atoms with Gasteiger partial charge in [0.2, 0.25) is 0 Å². The first kappa shape index (κ1) is 17.0. The van der Waals surface area contributed by atoms with Crippen LogP contribution in [0.3, 0.4) is 0 Å². The molecule has 0 bridgehead atoms. The number of β-amino-alcohol motifs (C(OH)–C–C–N with tert-alkyl or cyclic N) is 1. The maximum absolute atomic E-state index is 10.4. The Morgan fingerprint density at radius 1 is 1.23 bits per heavy atom. The number of benzene rings is 1. The van der Waals surface area contributed by atoms with Crippen molar-refractivity contribution in [3.05, 3.63) is 65.2 Å².